The van der Waals surface area contributed by atoms with Crippen molar-refractivity contribution in [2.45, 2.75) is 80.8 Å². The van der Waals surface area contributed by atoms with Gasteiger partial charge in [0.1, 0.15) is 18.2 Å². The van der Waals surface area contributed by atoms with E-state index < -0.39 is 25.8 Å². The molecule has 210 valence electrons. The molecular formula is C27H34F5NO3PS+. The maximum atomic E-state index is 14.6. The molecule has 0 heterocycles. The number of hydrogen-bond acceptors (Lipinski definition) is 4. The second-order valence-corrected chi connectivity index (χ2v) is 11.5. The van der Waals surface area contributed by atoms with Gasteiger partial charge in [0.15, 0.2) is 0 Å². The Morgan fingerprint density at radius 3 is 2.45 bits per heavy atom. The van der Waals surface area contributed by atoms with Gasteiger partial charge in [-0.2, -0.15) is 13.2 Å². The zero-order valence-corrected chi connectivity index (χ0v) is 22.9. The Labute approximate surface area is 225 Å². The molecule has 0 spiro atoms. The second kappa shape index (κ2) is 14.7. The fourth-order valence-corrected chi connectivity index (χ4v) is 6.53. The molecule has 2 aromatic carbocycles. The summed E-state index contributed by atoms with van der Waals surface area (Å²) in [6, 6.07) is 8.68. The molecule has 0 amide bonds. The lowest BCUT2D eigenvalue weighted by molar-refractivity contribution is -0.139. The lowest BCUT2D eigenvalue weighted by Crippen LogP contribution is -2.30. The van der Waals surface area contributed by atoms with Crippen molar-refractivity contribution in [3.05, 3.63) is 64.7 Å². The third-order valence-corrected chi connectivity index (χ3v) is 8.58. The van der Waals surface area contributed by atoms with Crippen LogP contribution in [0.2, 0.25) is 0 Å². The average molecular weight is 579 g/mol. The summed E-state index contributed by atoms with van der Waals surface area (Å²) < 4.78 is 85.5. The highest BCUT2D eigenvalue weighted by Gasteiger charge is 2.36. The number of rotatable bonds is 14. The lowest BCUT2D eigenvalue weighted by Gasteiger charge is -2.38. The average Bonchev–Trinajstić information content (AvgIpc) is 2.86. The molecule has 2 aromatic rings. The van der Waals surface area contributed by atoms with E-state index in [1.54, 1.807) is 6.07 Å². The molecule has 38 heavy (non-hydrogen) atoms. The summed E-state index contributed by atoms with van der Waals surface area (Å²) in [5, 5.41) is 2.83. The van der Waals surface area contributed by atoms with Crippen LogP contribution in [0, 0.1) is 11.6 Å². The largest absolute Gasteiger partial charge is 0.694 e. The predicted octanol–water partition coefficient (Wildman–Crippen LogP) is 8.29. The van der Waals surface area contributed by atoms with Gasteiger partial charge >= 0.3 is 14.4 Å². The van der Waals surface area contributed by atoms with Crippen LogP contribution >= 0.6 is 20.0 Å². The third-order valence-electron chi connectivity index (χ3n) is 7.03. The molecule has 1 saturated carbocycles. The summed E-state index contributed by atoms with van der Waals surface area (Å²) in [7, 11) is -2.70. The van der Waals surface area contributed by atoms with Gasteiger partial charge in [0.25, 0.3) is 0 Å². The summed E-state index contributed by atoms with van der Waals surface area (Å²) in [5.74, 6) is -0.511. The van der Waals surface area contributed by atoms with Crippen LogP contribution in [0.1, 0.15) is 74.5 Å². The van der Waals surface area contributed by atoms with Crippen LogP contribution in [-0.4, -0.2) is 23.8 Å². The Kier molecular flexibility index (Phi) is 12.0. The van der Waals surface area contributed by atoms with Crippen LogP contribution < -0.4 is 5.32 Å². The minimum atomic E-state index is -4.62. The van der Waals surface area contributed by atoms with Gasteiger partial charge in [-0.25, -0.2) is 8.78 Å². The SMILES string of the molecule is O=[P+](O)OCCCNCc1cc(C(F)(F)F)c(SCCCCC2(c3ccccc3F)CCCCC2)cc1F. The fraction of sp³-hybridized carbons (Fsp3) is 0.556. The van der Waals surface area contributed by atoms with E-state index in [1.165, 1.54) is 6.07 Å². The first-order valence-corrected chi connectivity index (χ1v) is 15.0. The highest BCUT2D eigenvalue weighted by atomic mass is 32.2. The minimum Gasteiger partial charge on any atom is -0.312 e. The zero-order chi connectivity index (χ0) is 27.6. The van der Waals surface area contributed by atoms with E-state index in [0.29, 0.717) is 18.6 Å². The second-order valence-electron chi connectivity index (χ2n) is 9.67. The van der Waals surface area contributed by atoms with Crippen molar-refractivity contribution in [3.8, 4) is 0 Å². The maximum Gasteiger partial charge on any atom is 0.694 e. The van der Waals surface area contributed by atoms with Gasteiger partial charge in [-0.15, -0.1) is 21.2 Å². The van der Waals surface area contributed by atoms with Gasteiger partial charge in [0.2, 0.25) is 0 Å². The number of nitrogens with one attached hydrogen (secondary N) is 1. The van der Waals surface area contributed by atoms with Gasteiger partial charge in [-0.3, -0.25) is 0 Å². The van der Waals surface area contributed by atoms with Crippen molar-refractivity contribution in [2.75, 3.05) is 18.9 Å². The van der Waals surface area contributed by atoms with Gasteiger partial charge < -0.3 is 5.32 Å². The summed E-state index contributed by atoms with van der Waals surface area (Å²) in [6.45, 7) is 0.185. The quantitative estimate of drug-likeness (QED) is 0.102. The number of alkyl halides is 3. The summed E-state index contributed by atoms with van der Waals surface area (Å²) in [4.78, 5) is 8.43. The molecular weight excluding hydrogens is 544 g/mol. The third kappa shape index (κ3) is 8.98. The molecule has 0 bridgehead atoms. The molecule has 0 radical (unpaired) electrons. The minimum absolute atomic E-state index is 0.00593. The Balaban J connectivity index is 1.57. The Morgan fingerprint density at radius 2 is 1.76 bits per heavy atom. The molecule has 1 fully saturated rings. The van der Waals surface area contributed by atoms with E-state index >= 15 is 0 Å². The Bertz CT molecular complexity index is 1060. The first-order valence-electron chi connectivity index (χ1n) is 12.9. The van der Waals surface area contributed by atoms with Crippen molar-refractivity contribution in [2.24, 2.45) is 0 Å². The molecule has 1 unspecified atom stereocenters. The van der Waals surface area contributed by atoms with Crippen LogP contribution in [0.5, 0.6) is 0 Å². The highest BCUT2D eigenvalue weighted by Crippen LogP contribution is 2.45. The van der Waals surface area contributed by atoms with Gasteiger partial charge in [-0.1, -0.05) is 43.9 Å². The standard InChI is InChI=1S/C27H33F5NO3PS/c28-23-10-3-2-9-21(23)26(11-4-1-5-12-26)13-6-7-16-38-25-18-24(29)20(17-22(25)27(30,31)32)19-33-14-8-15-36-37(34)35/h2-3,9-10,17-18,33H,1,4-8,11-16,19H2/p+1. The molecule has 1 aliphatic rings. The van der Waals surface area contributed by atoms with Crippen LogP contribution in [0.25, 0.3) is 0 Å². The van der Waals surface area contributed by atoms with E-state index in [4.69, 9.17) is 4.89 Å². The van der Waals surface area contributed by atoms with E-state index in [9.17, 15) is 26.5 Å². The number of thioether (sulfide) groups is 1. The van der Waals surface area contributed by atoms with Gasteiger partial charge in [-0.05, 0) is 73.6 Å². The van der Waals surface area contributed by atoms with Gasteiger partial charge in [0, 0.05) is 21.6 Å². The van der Waals surface area contributed by atoms with E-state index in [1.807, 2.05) is 12.1 Å². The van der Waals surface area contributed by atoms with Gasteiger partial charge in [0.05, 0.1) is 5.56 Å². The fourth-order valence-electron chi connectivity index (χ4n) is 5.16. The molecule has 1 aliphatic carbocycles. The molecule has 0 aliphatic heterocycles. The number of unbranched alkanes of at least 4 members (excludes halogenated alkanes) is 1. The Morgan fingerprint density at radius 1 is 1.03 bits per heavy atom. The molecule has 0 aromatic heterocycles. The summed E-state index contributed by atoms with van der Waals surface area (Å²) >= 11 is 0.996. The molecule has 1 atom stereocenters. The van der Waals surface area contributed by atoms with Crippen molar-refractivity contribution < 1.29 is 35.9 Å². The maximum absolute atomic E-state index is 14.6. The lowest BCUT2D eigenvalue weighted by atomic mass is 9.66. The van der Waals surface area contributed by atoms with Crippen molar-refractivity contribution >= 4 is 20.0 Å². The Hall–Kier alpha value is -1.58. The first kappa shape index (κ1) is 31.0. The monoisotopic (exact) mass is 578 g/mol. The van der Waals surface area contributed by atoms with Crippen LogP contribution in [-0.2, 0) is 27.2 Å². The van der Waals surface area contributed by atoms with Crippen molar-refractivity contribution in [3.63, 3.8) is 0 Å². The number of benzene rings is 2. The molecule has 11 heteroatoms. The predicted molar refractivity (Wildman–Crippen MR) is 139 cm³/mol. The topological polar surface area (TPSA) is 58.6 Å². The van der Waals surface area contributed by atoms with Crippen LogP contribution in [0.3, 0.4) is 0 Å². The molecule has 0 saturated heterocycles. The van der Waals surface area contributed by atoms with E-state index in [2.05, 4.69) is 9.84 Å². The van der Waals surface area contributed by atoms with E-state index in [0.717, 1.165) is 74.4 Å². The van der Waals surface area contributed by atoms with Crippen molar-refractivity contribution in [1.82, 2.24) is 5.32 Å². The molecule has 2 N–H and O–H groups in total. The number of hydrogen-bond donors (Lipinski definition) is 2. The number of halogens is 5. The molecule has 3 rings (SSSR count). The normalized spacial score (nSPS) is 16.0. The van der Waals surface area contributed by atoms with Crippen LogP contribution in [0.4, 0.5) is 22.0 Å². The summed E-state index contributed by atoms with van der Waals surface area (Å²) in [6.07, 6.45) is 2.92. The van der Waals surface area contributed by atoms with E-state index in [-0.39, 0.29) is 41.4 Å². The summed E-state index contributed by atoms with van der Waals surface area (Å²) in [5.41, 5.74) is -0.445. The highest BCUT2D eigenvalue weighted by molar-refractivity contribution is 7.99. The first-order chi connectivity index (χ1) is 18.1. The molecule has 4 nitrogen and oxygen atoms in total. The smallest absolute Gasteiger partial charge is 0.312 e. The van der Waals surface area contributed by atoms with Crippen molar-refractivity contribution in [1.29, 1.82) is 0 Å². The zero-order valence-electron chi connectivity index (χ0n) is 21.2. The van der Waals surface area contributed by atoms with Crippen LogP contribution in [0.15, 0.2) is 41.3 Å².